The van der Waals surface area contributed by atoms with Gasteiger partial charge in [-0.25, -0.2) is 0 Å². The Morgan fingerprint density at radius 2 is 2.11 bits per heavy atom. The molecule has 6 nitrogen and oxygen atoms in total. The number of fused-ring (bicyclic) bond motifs is 1. The van der Waals surface area contributed by atoms with E-state index in [9.17, 15) is 0 Å². The van der Waals surface area contributed by atoms with Crippen LogP contribution in [0.2, 0.25) is 0 Å². The normalized spacial score (nSPS) is 15.9. The summed E-state index contributed by atoms with van der Waals surface area (Å²) in [4.78, 5) is 6.54. The van der Waals surface area contributed by atoms with Gasteiger partial charge in [0.25, 0.3) is 0 Å². The van der Waals surface area contributed by atoms with Crippen LogP contribution < -0.4 is 10.1 Å². The lowest BCUT2D eigenvalue weighted by Gasteiger charge is -2.28. The summed E-state index contributed by atoms with van der Waals surface area (Å²) in [6.45, 7) is 3.15. The van der Waals surface area contributed by atoms with Crippen molar-refractivity contribution in [3.05, 3.63) is 42.7 Å². The fourth-order valence-electron chi connectivity index (χ4n) is 3.64. The van der Waals surface area contributed by atoms with Crippen molar-refractivity contribution in [1.29, 1.82) is 0 Å². The number of ether oxygens (including phenoxy) is 1. The Hall–Kier alpha value is -2.60. The summed E-state index contributed by atoms with van der Waals surface area (Å²) in [5, 5.41) is 8.30. The maximum Gasteiger partial charge on any atom is 0.185 e. The van der Waals surface area contributed by atoms with Gasteiger partial charge in [-0.05, 0) is 76.0 Å². The number of likely N-dealkylation sites (tertiary alicyclic amines) is 1. The lowest BCUT2D eigenvalue weighted by molar-refractivity contribution is 0.201. The standard InChI is InChI=1S/C21H26N4O2/c1-25-12-9-16(10-13-25)5-4-14-26-18-7-2-8-19-20(18)21(24-27-19)23-17-6-3-11-22-15-17/h2-3,6-8,11,15-16H,4-5,9-10,12-14H2,1H3,(H,23,24). The Kier molecular flexibility index (Phi) is 5.53. The Morgan fingerprint density at radius 1 is 1.22 bits per heavy atom. The highest BCUT2D eigenvalue weighted by atomic mass is 16.5. The van der Waals surface area contributed by atoms with Gasteiger partial charge in [0, 0.05) is 6.20 Å². The number of anilines is 2. The summed E-state index contributed by atoms with van der Waals surface area (Å²) in [5.41, 5.74) is 1.58. The Morgan fingerprint density at radius 3 is 2.93 bits per heavy atom. The zero-order valence-electron chi connectivity index (χ0n) is 15.7. The van der Waals surface area contributed by atoms with Crippen molar-refractivity contribution in [3.8, 4) is 5.75 Å². The number of hydrogen-bond acceptors (Lipinski definition) is 6. The molecule has 0 unspecified atom stereocenters. The molecule has 2 aromatic heterocycles. The highest BCUT2D eigenvalue weighted by molar-refractivity contribution is 5.95. The Bertz CT molecular complexity index is 857. The van der Waals surface area contributed by atoms with Gasteiger partial charge in [0.2, 0.25) is 0 Å². The Balaban J connectivity index is 1.39. The van der Waals surface area contributed by atoms with Crippen LogP contribution in [0.25, 0.3) is 11.0 Å². The van der Waals surface area contributed by atoms with E-state index in [0.29, 0.717) is 18.0 Å². The van der Waals surface area contributed by atoms with E-state index in [4.69, 9.17) is 9.26 Å². The van der Waals surface area contributed by atoms with Gasteiger partial charge >= 0.3 is 0 Å². The molecule has 4 rings (SSSR count). The summed E-state index contributed by atoms with van der Waals surface area (Å²) in [6.07, 6.45) is 8.40. The van der Waals surface area contributed by atoms with Crippen molar-refractivity contribution in [2.45, 2.75) is 25.7 Å². The molecule has 0 amide bonds. The van der Waals surface area contributed by atoms with E-state index in [1.807, 2.05) is 30.3 Å². The van der Waals surface area contributed by atoms with Gasteiger partial charge in [0.1, 0.15) is 11.1 Å². The summed E-state index contributed by atoms with van der Waals surface area (Å²) < 4.78 is 11.6. The predicted molar refractivity (Wildman–Crippen MR) is 106 cm³/mol. The van der Waals surface area contributed by atoms with E-state index in [1.54, 1.807) is 12.4 Å². The molecular formula is C21H26N4O2. The van der Waals surface area contributed by atoms with Crippen LogP contribution >= 0.6 is 0 Å². The number of benzene rings is 1. The molecule has 1 N–H and O–H groups in total. The zero-order valence-corrected chi connectivity index (χ0v) is 15.7. The number of hydrogen-bond donors (Lipinski definition) is 1. The van der Waals surface area contributed by atoms with Crippen molar-refractivity contribution in [2.24, 2.45) is 5.92 Å². The van der Waals surface area contributed by atoms with Gasteiger partial charge in [-0.15, -0.1) is 0 Å². The first-order chi connectivity index (χ1) is 13.3. The van der Waals surface area contributed by atoms with Gasteiger partial charge in [-0.2, -0.15) is 0 Å². The third-order valence-electron chi connectivity index (χ3n) is 5.24. The molecule has 0 atom stereocenters. The van der Waals surface area contributed by atoms with E-state index in [1.165, 1.54) is 32.4 Å². The van der Waals surface area contributed by atoms with Gasteiger partial charge in [-0.3, -0.25) is 4.98 Å². The van der Waals surface area contributed by atoms with Gasteiger partial charge in [0.15, 0.2) is 11.4 Å². The second-order valence-electron chi connectivity index (χ2n) is 7.26. The quantitative estimate of drug-likeness (QED) is 0.623. The largest absolute Gasteiger partial charge is 0.493 e. The van der Waals surface area contributed by atoms with Gasteiger partial charge in [0.05, 0.1) is 18.5 Å². The highest BCUT2D eigenvalue weighted by Crippen LogP contribution is 2.34. The minimum absolute atomic E-state index is 0.656. The minimum Gasteiger partial charge on any atom is -0.493 e. The second kappa shape index (κ2) is 8.39. The van der Waals surface area contributed by atoms with E-state index < -0.39 is 0 Å². The van der Waals surface area contributed by atoms with Crippen LogP contribution in [0.5, 0.6) is 5.75 Å². The van der Waals surface area contributed by atoms with Crippen LogP contribution in [-0.4, -0.2) is 41.8 Å². The fourth-order valence-corrected chi connectivity index (χ4v) is 3.64. The van der Waals surface area contributed by atoms with E-state index in [2.05, 4.69) is 27.4 Å². The number of piperidine rings is 1. The SMILES string of the molecule is CN1CCC(CCCOc2cccc3onc(Nc4cccnc4)c23)CC1. The average molecular weight is 366 g/mol. The molecule has 1 saturated heterocycles. The molecule has 3 aromatic rings. The molecule has 1 aromatic carbocycles. The molecule has 142 valence electrons. The predicted octanol–water partition coefficient (Wildman–Crippen LogP) is 4.47. The molecule has 0 aliphatic carbocycles. The van der Waals surface area contributed by atoms with Crippen molar-refractivity contribution in [2.75, 3.05) is 32.1 Å². The molecule has 1 fully saturated rings. The lowest BCUT2D eigenvalue weighted by atomic mass is 9.93. The first-order valence-electron chi connectivity index (χ1n) is 9.66. The Labute approximate surface area is 159 Å². The lowest BCUT2D eigenvalue weighted by Crippen LogP contribution is -2.30. The molecule has 0 radical (unpaired) electrons. The van der Waals surface area contributed by atoms with E-state index in [-0.39, 0.29) is 0 Å². The third kappa shape index (κ3) is 4.39. The van der Waals surface area contributed by atoms with Crippen molar-refractivity contribution < 1.29 is 9.26 Å². The van der Waals surface area contributed by atoms with Crippen LogP contribution in [0.15, 0.2) is 47.2 Å². The molecule has 0 saturated carbocycles. The molecule has 0 bridgehead atoms. The fraction of sp³-hybridized carbons (Fsp3) is 0.429. The van der Waals surface area contributed by atoms with Gasteiger partial charge < -0.3 is 19.5 Å². The van der Waals surface area contributed by atoms with Crippen molar-refractivity contribution in [3.63, 3.8) is 0 Å². The maximum atomic E-state index is 6.10. The van der Waals surface area contributed by atoms with E-state index in [0.717, 1.165) is 29.2 Å². The first kappa shape index (κ1) is 17.8. The zero-order chi connectivity index (χ0) is 18.5. The molecular weight excluding hydrogens is 340 g/mol. The number of rotatable bonds is 7. The van der Waals surface area contributed by atoms with Gasteiger partial charge in [-0.1, -0.05) is 11.2 Å². The highest BCUT2D eigenvalue weighted by Gasteiger charge is 2.17. The number of nitrogens with zero attached hydrogens (tertiary/aromatic N) is 3. The topological polar surface area (TPSA) is 63.4 Å². The number of aromatic nitrogens is 2. The summed E-state index contributed by atoms with van der Waals surface area (Å²) >= 11 is 0. The van der Waals surface area contributed by atoms with Crippen LogP contribution in [0, 0.1) is 5.92 Å². The summed E-state index contributed by atoms with van der Waals surface area (Å²) in [7, 11) is 2.20. The van der Waals surface area contributed by atoms with E-state index >= 15 is 0 Å². The molecule has 27 heavy (non-hydrogen) atoms. The van der Waals surface area contributed by atoms with Crippen LogP contribution in [0.4, 0.5) is 11.5 Å². The smallest absolute Gasteiger partial charge is 0.185 e. The average Bonchev–Trinajstić information content (AvgIpc) is 3.11. The first-order valence-corrected chi connectivity index (χ1v) is 9.66. The second-order valence-corrected chi connectivity index (χ2v) is 7.26. The number of pyridine rings is 1. The molecule has 1 aliphatic heterocycles. The third-order valence-corrected chi connectivity index (χ3v) is 5.24. The number of nitrogens with one attached hydrogen (secondary N) is 1. The molecule has 6 heteroatoms. The minimum atomic E-state index is 0.656. The maximum absolute atomic E-state index is 6.10. The monoisotopic (exact) mass is 366 g/mol. The van der Waals surface area contributed by atoms with Crippen LogP contribution in [0.1, 0.15) is 25.7 Å². The molecule has 1 aliphatic rings. The van der Waals surface area contributed by atoms with Crippen molar-refractivity contribution in [1.82, 2.24) is 15.0 Å². The van der Waals surface area contributed by atoms with Crippen molar-refractivity contribution >= 4 is 22.5 Å². The van der Waals surface area contributed by atoms with Crippen LogP contribution in [0.3, 0.4) is 0 Å². The molecule has 0 spiro atoms. The summed E-state index contributed by atoms with van der Waals surface area (Å²) in [6, 6.07) is 9.64. The van der Waals surface area contributed by atoms with Crippen LogP contribution in [-0.2, 0) is 0 Å². The molecule has 3 heterocycles. The summed E-state index contributed by atoms with van der Waals surface area (Å²) in [5.74, 6) is 2.30.